The highest BCUT2D eigenvalue weighted by atomic mass is 32.1. The van der Waals surface area contributed by atoms with Gasteiger partial charge in [0.15, 0.2) is 5.69 Å². The average molecular weight is 295 g/mol. The number of amides is 1. The zero-order chi connectivity index (χ0) is 14.2. The van der Waals surface area contributed by atoms with Gasteiger partial charge in [-0.1, -0.05) is 17.3 Å². The molecule has 0 N–H and O–H groups in total. The summed E-state index contributed by atoms with van der Waals surface area (Å²) in [6.07, 6.45) is 6.13. The maximum Gasteiger partial charge on any atom is 0.275 e. The number of nitrogens with zero attached hydrogens (tertiary/aromatic N) is 3. The maximum atomic E-state index is 12.4. The smallest absolute Gasteiger partial charge is 0.275 e. The van der Waals surface area contributed by atoms with Gasteiger partial charge in [0.25, 0.3) is 5.91 Å². The van der Waals surface area contributed by atoms with Gasteiger partial charge in [0.1, 0.15) is 0 Å². The van der Waals surface area contributed by atoms with E-state index in [1.807, 2.05) is 18.9 Å². The number of ether oxygens (including phenoxy) is 1. The van der Waals surface area contributed by atoms with Gasteiger partial charge in [-0.25, -0.2) is 0 Å². The highest BCUT2D eigenvalue weighted by molar-refractivity contribution is 7.03. The SMILES string of the molecule is CCO[C@H]1C[C@H](N(C)C(=O)c2csnn2)C12CCCC2. The minimum absolute atomic E-state index is 0.00928. The van der Waals surface area contributed by atoms with Gasteiger partial charge < -0.3 is 9.64 Å². The predicted octanol–water partition coefficient (Wildman–Crippen LogP) is 2.35. The average Bonchev–Trinajstić information content (AvgIpc) is 3.13. The van der Waals surface area contributed by atoms with Crippen LogP contribution in [-0.2, 0) is 4.74 Å². The maximum absolute atomic E-state index is 12.4. The Kier molecular flexibility index (Phi) is 3.77. The first-order chi connectivity index (χ1) is 9.69. The first kappa shape index (κ1) is 13.9. The van der Waals surface area contributed by atoms with Crippen LogP contribution in [0.5, 0.6) is 0 Å². The molecule has 0 aromatic carbocycles. The summed E-state index contributed by atoms with van der Waals surface area (Å²) in [5.41, 5.74) is 0.648. The Morgan fingerprint density at radius 2 is 2.30 bits per heavy atom. The Balaban J connectivity index is 1.75. The fourth-order valence-electron chi connectivity index (χ4n) is 3.97. The quantitative estimate of drug-likeness (QED) is 0.855. The van der Waals surface area contributed by atoms with E-state index in [9.17, 15) is 4.79 Å². The fraction of sp³-hybridized carbons (Fsp3) is 0.786. The van der Waals surface area contributed by atoms with Crippen LogP contribution in [0.25, 0.3) is 0 Å². The molecule has 6 heteroatoms. The van der Waals surface area contributed by atoms with Crippen LogP contribution >= 0.6 is 11.5 Å². The molecule has 110 valence electrons. The molecule has 5 nitrogen and oxygen atoms in total. The standard InChI is InChI=1S/C14H21N3O2S/c1-3-19-12-8-11(14(12)6-4-5-7-14)17(2)13(18)10-9-20-16-15-10/h9,11-12H,3-8H2,1-2H3/t11-,12-/m0/s1. The Bertz CT molecular complexity index is 471. The largest absolute Gasteiger partial charge is 0.378 e. The molecule has 1 spiro atoms. The van der Waals surface area contributed by atoms with Crippen LogP contribution in [0.3, 0.4) is 0 Å². The number of rotatable bonds is 4. The second-order valence-corrected chi connectivity index (χ2v) is 6.45. The molecule has 2 atom stereocenters. The molecule has 0 radical (unpaired) electrons. The lowest BCUT2D eigenvalue weighted by atomic mass is 9.60. The van der Waals surface area contributed by atoms with E-state index in [0.29, 0.717) is 11.8 Å². The summed E-state index contributed by atoms with van der Waals surface area (Å²) in [6.45, 7) is 2.80. The van der Waals surface area contributed by atoms with Crippen molar-refractivity contribution in [2.75, 3.05) is 13.7 Å². The third-order valence-electron chi connectivity index (χ3n) is 5.01. The summed E-state index contributed by atoms with van der Waals surface area (Å²) in [5.74, 6) is -0.00928. The monoisotopic (exact) mass is 295 g/mol. The van der Waals surface area contributed by atoms with Crippen molar-refractivity contribution in [3.05, 3.63) is 11.1 Å². The van der Waals surface area contributed by atoms with Crippen LogP contribution in [0, 0.1) is 5.41 Å². The van der Waals surface area contributed by atoms with Crippen molar-refractivity contribution in [2.45, 2.75) is 51.2 Å². The highest BCUT2D eigenvalue weighted by Crippen LogP contribution is 2.56. The third kappa shape index (κ3) is 2.05. The molecular formula is C14H21N3O2S. The Labute approximate surface area is 123 Å². The van der Waals surface area contributed by atoms with E-state index in [2.05, 4.69) is 9.59 Å². The van der Waals surface area contributed by atoms with Gasteiger partial charge in [0.2, 0.25) is 0 Å². The molecule has 0 saturated heterocycles. The number of hydrogen-bond donors (Lipinski definition) is 0. The topological polar surface area (TPSA) is 55.3 Å². The third-order valence-corrected chi connectivity index (χ3v) is 5.52. The normalized spacial score (nSPS) is 27.5. The van der Waals surface area contributed by atoms with Gasteiger partial charge in [-0.15, -0.1) is 5.10 Å². The number of hydrogen-bond acceptors (Lipinski definition) is 5. The summed E-state index contributed by atoms with van der Waals surface area (Å²) >= 11 is 1.22. The molecule has 1 aromatic rings. The minimum atomic E-state index is -0.00928. The van der Waals surface area contributed by atoms with Crippen molar-refractivity contribution in [3.8, 4) is 0 Å². The highest BCUT2D eigenvalue weighted by Gasteiger charge is 2.58. The Morgan fingerprint density at radius 1 is 1.55 bits per heavy atom. The van der Waals surface area contributed by atoms with Gasteiger partial charge >= 0.3 is 0 Å². The fourth-order valence-corrected chi connectivity index (χ4v) is 4.40. The molecule has 0 unspecified atom stereocenters. The summed E-state index contributed by atoms with van der Waals surface area (Å²) in [4.78, 5) is 14.3. The van der Waals surface area contributed by atoms with E-state index < -0.39 is 0 Å². The molecule has 2 fully saturated rings. The summed E-state index contributed by atoms with van der Waals surface area (Å²) in [6, 6.07) is 0.288. The van der Waals surface area contributed by atoms with E-state index in [0.717, 1.165) is 13.0 Å². The lowest BCUT2D eigenvalue weighted by Gasteiger charge is -2.56. The Morgan fingerprint density at radius 3 is 2.90 bits per heavy atom. The van der Waals surface area contributed by atoms with E-state index in [1.54, 1.807) is 5.38 Å². The van der Waals surface area contributed by atoms with Crippen molar-refractivity contribution in [1.29, 1.82) is 0 Å². The second-order valence-electron chi connectivity index (χ2n) is 5.84. The van der Waals surface area contributed by atoms with Gasteiger partial charge in [0.05, 0.1) is 6.10 Å². The molecule has 0 bridgehead atoms. The van der Waals surface area contributed by atoms with Crippen LogP contribution in [0.4, 0.5) is 0 Å². The number of aromatic nitrogens is 2. The first-order valence-electron chi connectivity index (χ1n) is 7.35. The van der Waals surface area contributed by atoms with E-state index in [1.165, 1.54) is 37.2 Å². The van der Waals surface area contributed by atoms with E-state index in [-0.39, 0.29) is 17.4 Å². The first-order valence-corrected chi connectivity index (χ1v) is 8.18. The summed E-state index contributed by atoms with van der Waals surface area (Å²) < 4.78 is 9.68. The van der Waals surface area contributed by atoms with E-state index in [4.69, 9.17) is 4.74 Å². The number of carbonyl (C=O) groups is 1. The number of carbonyl (C=O) groups excluding carboxylic acids is 1. The lowest BCUT2D eigenvalue weighted by Crippen LogP contribution is -2.64. The molecule has 0 aliphatic heterocycles. The molecule has 1 amide bonds. The van der Waals surface area contributed by atoms with Gasteiger partial charge in [0, 0.05) is 30.5 Å². The van der Waals surface area contributed by atoms with Crippen molar-refractivity contribution >= 4 is 17.4 Å². The van der Waals surface area contributed by atoms with Gasteiger partial charge in [-0.3, -0.25) is 4.79 Å². The zero-order valence-electron chi connectivity index (χ0n) is 12.0. The summed E-state index contributed by atoms with van der Waals surface area (Å²) in [5, 5.41) is 5.62. The van der Waals surface area contributed by atoms with Gasteiger partial charge in [-0.05, 0) is 37.7 Å². The van der Waals surface area contributed by atoms with Crippen LogP contribution in [-0.4, -0.2) is 46.2 Å². The molecule has 1 aromatic heterocycles. The molecule has 2 aliphatic rings. The van der Waals surface area contributed by atoms with Crippen LogP contribution in [0.15, 0.2) is 5.38 Å². The molecule has 2 aliphatic carbocycles. The van der Waals surface area contributed by atoms with Crippen molar-refractivity contribution < 1.29 is 9.53 Å². The summed E-state index contributed by atoms with van der Waals surface area (Å²) in [7, 11) is 1.90. The van der Waals surface area contributed by atoms with Crippen LogP contribution < -0.4 is 0 Å². The van der Waals surface area contributed by atoms with Crippen LogP contribution in [0.1, 0.15) is 49.5 Å². The molecule has 3 rings (SSSR count). The van der Waals surface area contributed by atoms with Crippen molar-refractivity contribution in [1.82, 2.24) is 14.5 Å². The molecule has 2 saturated carbocycles. The molecule has 20 heavy (non-hydrogen) atoms. The Hall–Kier alpha value is -1.01. The van der Waals surface area contributed by atoms with Crippen molar-refractivity contribution in [3.63, 3.8) is 0 Å². The lowest BCUT2D eigenvalue weighted by molar-refractivity contribution is -0.152. The predicted molar refractivity (Wildman–Crippen MR) is 76.7 cm³/mol. The molecule has 1 heterocycles. The zero-order valence-corrected chi connectivity index (χ0v) is 12.9. The van der Waals surface area contributed by atoms with Crippen molar-refractivity contribution in [2.24, 2.45) is 5.41 Å². The van der Waals surface area contributed by atoms with E-state index >= 15 is 0 Å². The van der Waals surface area contributed by atoms with Gasteiger partial charge in [-0.2, -0.15) is 0 Å². The second kappa shape index (κ2) is 5.41. The molecular weight excluding hydrogens is 274 g/mol. The van der Waals surface area contributed by atoms with Crippen LogP contribution in [0.2, 0.25) is 0 Å². The minimum Gasteiger partial charge on any atom is -0.378 e.